The van der Waals surface area contributed by atoms with Crippen molar-refractivity contribution in [2.75, 3.05) is 19.6 Å². The van der Waals surface area contributed by atoms with Crippen LogP contribution in [-0.2, 0) is 13.6 Å². The molecule has 0 amide bonds. The number of piperazine rings is 1. The second kappa shape index (κ2) is 5.50. The van der Waals surface area contributed by atoms with Crippen LogP contribution in [0.2, 0.25) is 0 Å². The van der Waals surface area contributed by atoms with E-state index in [4.69, 9.17) is 0 Å². The summed E-state index contributed by atoms with van der Waals surface area (Å²) >= 11 is 3.64. The van der Waals surface area contributed by atoms with Gasteiger partial charge in [-0.25, -0.2) is 0 Å². The molecule has 1 fully saturated rings. The van der Waals surface area contributed by atoms with Gasteiger partial charge in [-0.15, -0.1) is 0 Å². The van der Waals surface area contributed by atoms with Crippen molar-refractivity contribution in [3.8, 4) is 0 Å². The number of halogens is 1. The lowest BCUT2D eigenvalue weighted by Crippen LogP contribution is -2.50. The molecule has 0 spiro atoms. The molecule has 1 aromatic rings. The smallest absolute Gasteiger partial charge is 0.0739 e. The summed E-state index contributed by atoms with van der Waals surface area (Å²) in [7, 11) is 2.02. The molecule has 0 aliphatic carbocycles. The van der Waals surface area contributed by atoms with Crippen LogP contribution in [0.15, 0.2) is 4.47 Å². The van der Waals surface area contributed by atoms with Gasteiger partial charge in [0.1, 0.15) is 0 Å². The minimum atomic E-state index is 0.644. The molecule has 0 aromatic carbocycles. The molecule has 96 valence electrons. The van der Waals surface area contributed by atoms with Crippen molar-refractivity contribution in [2.24, 2.45) is 7.05 Å². The lowest BCUT2D eigenvalue weighted by Gasteiger charge is -2.35. The van der Waals surface area contributed by atoms with E-state index in [1.807, 2.05) is 18.7 Å². The van der Waals surface area contributed by atoms with Gasteiger partial charge in [0.2, 0.25) is 0 Å². The van der Waals surface area contributed by atoms with E-state index in [9.17, 15) is 0 Å². The SMILES string of the molecule is CCC1CNCCN1Cc1c(Br)c(C)nn1C. The van der Waals surface area contributed by atoms with Gasteiger partial charge in [0.05, 0.1) is 15.9 Å². The van der Waals surface area contributed by atoms with Crippen LogP contribution in [0, 0.1) is 6.92 Å². The molecule has 2 rings (SSSR count). The lowest BCUT2D eigenvalue weighted by molar-refractivity contribution is 0.145. The number of hydrogen-bond donors (Lipinski definition) is 1. The average molecular weight is 301 g/mol. The van der Waals surface area contributed by atoms with Crippen molar-refractivity contribution in [3.05, 3.63) is 15.9 Å². The molecule has 1 aliphatic rings. The predicted octanol–water partition coefficient (Wildman–Crippen LogP) is 1.67. The lowest BCUT2D eigenvalue weighted by atomic mass is 10.1. The van der Waals surface area contributed by atoms with Crippen LogP contribution in [0.3, 0.4) is 0 Å². The molecule has 5 heteroatoms. The molecule has 4 nitrogen and oxygen atoms in total. The predicted molar refractivity (Wildman–Crippen MR) is 73.0 cm³/mol. The fourth-order valence-electron chi connectivity index (χ4n) is 2.46. The van der Waals surface area contributed by atoms with Crippen molar-refractivity contribution in [1.82, 2.24) is 20.0 Å². The van der Waals surface area contributed by atoms with Crippen LogP contribution < -0.4 is 5.32 Å². The van der Waals surface area contributed by atoms with Crippen LogP contribution in [0.5, 0.6) is 0 Å². The summed E-state index contributed by atoms with van der Waals surface area (Å²) < 4.78 is 3.15. The van der Waals surface area contributed by atoms with E-state index in [2.05, 4.69) is 38.2 Å². The number of nitrogens with zero attached hydrogens (tertiary/aromatic N) is 3. The molecule has 1 atom stereocenters. The molecule has 1 N–H and O–H groups in total. The Labute approximate surface area is 111 Å². The number of aromatic nitrogens is 2. The molecule has 0 bridgehead atoms. The first-order chi connectivity index (χ1) is 8.13. The van der Waals surface area contributed by atoms with Gasteiger partial charge in [-0.05, 0) is 29.3 Å². The van der Waals surface area contributed by atoms with E-state index in [0.29, 0.717) is 6.04 Å². The summed E-state index contributed by atoms with van der Waals surface area (Å²) in [4.78, 5) is 2.55. The highest BCUT2D eigenvalue weighted by molar-refractivity contribution is 9.10. The van der Waals surface area contributed by atoms with E-state index in [0.717, 1.165) is 36.3 Å². The van der Waals surface area contributed by atoms with Crippen molar-refractivity contribution in [1.29, 1.82) is 0 Å². The number of hydrogen-bond acceptors (Lipinski definition) is 3. The number of nitrogens with one attached hydrogen (secondary N) is 1. The van der Waals surface area contributed by atoms with Gasteiger partial charge in [0.15, 0.2) is 0 Å². The van der Waals surface area contributed by atoms with Gasteiger partial charge in [0.25, 0.3) is 0 Å². The molecule has 1 aliphatic heterocycles. The largest absolute Gasteiger partial charge is 0.314 e. The highest BCUT2D eigenvalue weighted by Gasteiger charge is 2.23. The van der Waals surface area contributed by atoms with Gasteiger partial charge < -0.3 is 5.32 Å². The zero-order valence-electron chi connectivity index (χ0n) is 10.8. The van der Waals surface area contributed by atoms with Crippen molar-refractivity contribution in [2.45, 2.75) is 32.9 Å². The van der Waals surface area contributed by atoms with E-state index < -0.39 is 0 Å². The fourth-order valence-corrected chi connectivity index (χ4v) is 2.92. The molecular weight excluding hydrogens is 280 g/mol. The van der Waals surface area contributed by atoms with Gasteiger partial charge in [-0.3, -0.25) is 9.58 Å². The van der Waals surface area contributed by atoms with Crippen LogP contribution in [0.1, 0.15) is 24.7 Å². The minimum Gasteiger partial charge on any atom is -0.314 e. The Morgan fingerprint density at radius 2 is 2.29 bits per heavy atom. The minimum absolute atomic E-state index is 0.644. The average Bonchev–Trinajstić information content (AvgIpc) is 2.57. The van der Waals surface area contributed by atoms with Crippen LogP contribution in [0.25, 0.3) is 0 Å². The quantitative estimate of drug-likeness (QED) is 0.922. The Morgan fingerprint density at radius 1 is 1.53 bits per heavy atom. The molecule has 1 unspecified atom stereocenters. The first kappa shape index (κ1) is 13.1. The van der Waals surface area contributed by atoms with Crippen molar-refractivity contribution in [3.63, 3.8) is 0 Å². The molecule has 1 aromatic heterocycles. The zero-order valence-corrected chi connectivity index (χ0v) is 12.4. The van der Waals surface area contributed by atoms with Gasteiger partial charge in [-0.2, -0.15) is 5.10 Å². The normalized spacial score (nSPS) is 22.0. The standard InChI is InChI=1S/C12H21BrN4/c1-4-10-7-14-5-6-17(10)8-11-12(13)9(2)15-16(11)3/h10,14H,4-8H2,1-3H3. The maximum Gasteiger partial charge on any atom is 0.0739 e. The molecule has 17 heavy (non-hydrogen) atoms. The maximum absolute atomic E-state index is 4.45. The Hall–Kier alpha value is -0.390. The van der Waals surface area contributed by atoms with Crippen LogP contribution in [-0.4, -0.2) is 40.4 Å². The van der Waals surface area contributed by atoms with Crippen molar-refractivity contribution < 1.29 is 0 Å². The second-order valence-electron chi connectivity index (χ2n) is 4.71. The highest BCUT2D eigenvalue weighted by Crippen LogP contribution is 2.23. The number of aryl methyl sites for hydroxylation is 2. The molecule has 2 heterocycles. The van der Waals surface area contributed by atoms with Gasteiger partial charge in [-0.1, -0.05) is 6.92 Å². The summed E-state index contributed by atoms with van der Waals surface area (Å²) in [6.45, 7) is 8.60. The molecular formula is C12H21BrN4. The van der Waals surface area contributed by atoms with E-state index >= 15 is 0 Å². The Kier molecular flexibility index (Phi) is 4.22. The summed E-state index contributed by atoms with van der Waals surface area (Å²) in [5.41, 5.74) is 2.36. The van der Waals surface area contributed by atoms with E-state index in [-0.39, 0.29) is 0 Å². The Bertz CT molecular complexity index is 388. The summed E-state index contributed by atoms with van der Waals surface area (Å²) in [5.74, 6) is 0. The summed E-state index contributed by atoms with van der Waals surface area (Å²) in [6, 6.07) is 0.644. The number of rotatable bonds is 3. The second-order valence-corrected chi connectivity index (χ2v) is 5.50. The van der Waals surface area contributed by atoms with E-state index in [1.54, 1.807) is 0 Å². The topological polar surface area (TPSA) is 33.1 Å². The third-order valence-electron chi connectivity index (χ3n) is 3.56. The third kappa shape index (κ3) is 2.72. The molecule has 0 radical (unpaired) electrons. The van der Waals surface area contributed by atoms with Gasteiger partial charge in [0, 0.05) is 39.3 Å². The van der Waals surface area contributed by atoms with Crippen molar-refractivity contribution >= 4 is 15.9 Å². The first-order valence-corrected chi connectivity index (χ1v) is 7.05. The molecule has 0 saturated carbocycles. The summed E-state index contributed by atoms with van der Waals surface area (Å²) in [6.07, 6.45) is 1.20. The van der Waals surface area contributed by atoms with Gasteiger partial charge >= 0.3 is 0 Å². The zero-order chi connectivity index (χ0) is 12.4. The Morgan fingerprint density at radius 3 is 2.88 bits per heavy atom. The highest BCUT2D eigenvalue weighted by atomic mass is 79.9. The molecule has 1 saturated heterocycles. The summed E-state index contributed by atoms with van der Waals surface area (Å²) in [5, 5.41) is 7.91. The Balaban J connectivity index is 2.13. The third-order valence-corrected chi connectivity index (χ3v) is 4.59. The first-order valence-electron chi connectivity index (χ1n) is 6.26. The monoisotopic (exact) mass is 300 g/mol. The maximum atomic E-state index is 4.45. The fraction of sp³-hybridized carbons (Fsp3) is 0.750. The van der Waals surface area contributed by atoms with Crippen LogP contribution >= 0.6 is 15.9 Å². The van der Waals surface area contributed by atoms with E-state index in [1.165, 1.54) is 12.1 Å². The van der Waals surface area contributed by atoms with Crippen LogP contribution in [0.4, 0.5) is 0 Å².